The molecule has 2 unspecified atom stereocenters. The van der Waals surface area contributed by atoms with E-state index in [1.165, 1.54) is 44.9 Å². The van der Waals surface area contributed by atoms with Crippen molar-refractivity contribution in [2.45, 2.75) is 58.3 Å². The molecular formula is C12H24O. The second-order valence-electron chi connectivity index (χ2n) is 4.55. The molecule has 1 rings (SSSR count). The van der Waals surface area contributed by atoms with E-state index in [1.54, 1.807) is 0 Å². The van der Waals surface area contributed by atoms with E-state index in [2.05, 4.69) is 6.92 Å². The number of aliphatic hydroxyl groups is 1. The van der Waals surface area contributed by atoms with Gasteiger partial charge in [-0.25, -0.2) is 0 Å². The first-order valence-corrected chi connectivity index (χ1v) is 5.97. The molecule has 2 atom stereocenters. The second-order valence-corrected chi connectivity index (χ2v) is 4.55. The summed E-state index contributed by atoms with van der Waals surface area (Å²) in [5.74, 6) is 2.02. The maximum absolute atomic E-state index is 8.68. The van der Waals surface area contributed by atoms with E-state index in [1.807, 2.05) is 0 Å². The lowest BCUT2D eigenvalue weighted by atomic mass is 9.97. The molecule has 0 radical (unpaired) electrons. The van der Waals surface area contributed by atoms with Crippen molar-refractivity contribution >= 4 is 0 Å². The van der Waals surface area contributed by atoms with Crippen LogP contribution in [0.2, 0.25) is 0 Å². The van der Waals surface area contributed by atoms with Crippen molar-refractivity contribution in [1.29, 1.82) is 0 Å². The highest BCUT2D eigenvalue weighted by Crippen LogP contribution is 2.36. The number of hydrogen-bond donors (Lipinski definition) is 1. The number of aliphatic hydroxyl groups excluding tert-OH is 1. The second kappa shape index (κ2) is 6.42. The summed E-state index contributed by atoms with van der Waals surface area (Å²) in [5.41, 5.74) is 0. The van der Waals surface area contributed by atoms with Gasteiger partial charge in [-0.1, -0.05) is 45.4 Å². The fourth-order valence-corrected chi connectivity index (χ4v) is 2.66. The smallest absolute Gasteiger partial charge is 0.0431 e. The Bertz CT molecular complexity index is 122. The van der Waals surface area contributed by atoms with Crippen LogP contribution in [0.3, 0.4) is 0 Å². The Kier molecular flexibility index (Phi) is 5.45. The molecule has 13 heavy (non-hydrogen) atoms. The first-order valence-electron chi connectivity index (χ1n) is 5.97. The molecule has 0 aromatic heterocycles. The first kappa shape index (κ1) is 11.0. The van der Waals surface area contributed by atoms with E-state index in [-0.39, 0.29) is 0 Å². The summed E-state index contributed by atoms with van der Waals surface area (Å²) < 4.78 is 0. The Morgan fingerprint density at radius 2 is 1.77 bits per heavy atom. The minimum absolute atomic E-state index is 0.380. The Labute approximate surface area is 82.5 Å². The lowest BCUT2D eigenvalue weighted by Crippen LogP contribution is -1.97. The zero-order valence-electron chi connectivity index (χ0n) is 8.97. The Morgan fingerprint density at radius 3 is 2.38 bits per heavy atom. The van der Waals surface area contributed by atoms with Crippen LogP contribution in [-0.4, -0.2) is 11.7 Å². The number of unbranched alkanes of at least 4 members (excludes halogenated alkanes) is 1. The Balaban J connectivity index is 2.03. The predicted molar refractivity (Wildman–Crippen MR) is 56.7 cm³/mol. The molecule has 78 valence electrons. The quantitative estimate of drug-likeness (QED) is 0.627. The largest absolute Gasteiger partial charge is 0.396 e. The van der Waals surface area contributed by atoms with Gasteiger partial charge < -0.3 is 5.11 Å². The lowest BCUT2D eigenvalue weighted by molar-refractivity contribution is 0.277. The molecule has 1 heteroatoms. The standard InChI is InChI=1S/C12H24O/c1-2-5-11-7-8-12(10-11)6-3-4-9-13/h11-13H,2-10H2,1H3. The lowest BCUT2D eigenvalue weighted by Gasteiger charge is -2.09. The first-order chi connectivity index (χ1) is 6.36. The molecule has 0 amide bonds. The van der Waals surface area contributed by atoms with Gasteiger partial charge in [0.05, 0.1) is 0 Å². The van der Waals surface area contributed by atoms with Gasteiger partial charge in [0.1, 0.15) is 0 Å². The van der Waals surface area contributed by atoms with Crippen LogP contribution in [-0.2, 0) is 0 Å². The molecule has 1 nitrogen and oxygen atoms in total. The maximum Gasteiger partial charge on any atom is 0.0431 e. The number of rotatable bonds is 6. The molecule has 0 bridgehead atoms. The summed E-state index contributed by atoms with van der Waals surface area (Å²) in [6.07, 6.45) is 10.8. The van der Waals surface area contributed by atoms with Crippen LogP contribution in [0.25, 0.3) is 0 Å². The normalized spacial score (nSPS) is 28.2. The Morgan fingerprint density at radius 1 is 1.08 bits per heavy atom. The van der Waals surface area contributed by atoms with Crippen molar-refractivity contribution < 1.29 is 5.11 Å². The highest BCUT2D eigenvalue weighted by atomic mass is 16.2. The highest BCUT2D eigenvalue weighted by molar-refractivity contribution is 4.75. The molecule has 1 saturated carbocycles. The third kappa shape index (κ3) is 4.12. The van der Waals surface area contributed by atoms with Crippen molar-refractivity contribution in [3.05, 3.63) is 0 Å². The van der Waals surface area contributed by atoms with Gasteiger partial charge in [0.15, 0.2) is 0 Å². The molecule has 1 aliphatic carbocycles. The molecule has 0 aromatic rings. The zero-order chi connectivity index (χ0) is 9.52. The third-order valence-electron chi connectivity index (χ3n) is 3.37. The van der Waals surface area contributed by atoms with E-state index in [0.29, 0.717) is 6.61 Å². The van der Waals surface area contributed by atoms with Gasteiger partial charge >= 0.3 is 0 Å². The van der Waals surface area contributed by atoms with Crippen molar-refractivity contribution in [3.63, 3.8) is 0 Å². The van der Waals surface area contributed by atoms with Gasteiger partial charge in [0.25, 0.3) is 0 Å². The zero-order valence-corrected chi connectivity index (χ0v) is 8.97. The van der Waals surface area contributed by atoms with Gasteiger partial charge in [0, 0.05) is 6.61 Å². The topological polar surface area (TPSA) is 20.2 Å². The monoisotopic (exact) mass is 184 g/mol. The average Bonchev–Trinajstić information content (AvgIpc) is 2.54. The van der Waals surface area contributed by atoms with Crippen LogP contribution in [0, 0.1) is 11.8 Å². The van der Waals surface area contributed by atoms with Crippen LogP contribution in [0.5, 0.6) is 0 Å². The molecule has 0 aromatic carbocycles. The SMILES string of the molecule is CCCC1CCC(CCCCO)C1. The van der Waals surface area contributed by atoms with Crippen molar-refractivity contribution in [3.8, 4) is 0 Å². The van der Waals surface area contributed by atoms with Crippen LogP contribution >= 0.6 is 0 Å². The molecule has 0 saturated heterocycles. The Hall–Kier alpha value is -0.0400. The summed E-state index contributed by atoms with van der Waals surface area (Å²) >= 11 is 0. The summed E-state index contributed by atoms with van der Waals surface area (Å²) in [6.45, 7) is 2.67. The van der Waals surface area contributed by atoms with Crippen molar-refractivity contribution in [1.82, 2.24) is 0 Å². The molecule has 1 aliphatic rings. The molecule has 0 spiro atoms. The van der Waals surface area contributed by atoms with Gasteiger partial charge in [0.2, 0.25) is 0 Å². The fourth-order valence-electron chi connectivity index (χ4n) is 2.66. The summed E-state index contributed by atoms with van der Waals surface area (Å²) in [6, 6.07) is 0. The average molecular weight is 184 g/mol. The van der Waals surface area contributed by atoms with Crippen LogP contribution in [0.15, 0.2) is 0 Å². The van der Waals surface area contributed by atoms with E-state index >= 15 is 0 Å². The minimum atomic E-state index is 0.380. The van der Waals surface area contributed by atoms with E-state index < -0.39 is 0 Å². The van der Waals surface area contributed by atoms with E-state index in [0.717, 1.165) is 18.3 Å². The maximum atomic E-state index is 8.68. The molecule has 1 N–H and O–H groups in total. The highest BCUT2D eigenvalue weighted by Gasteiger charge is 2.22. The van der Waals surface area contributed by atoms with Gasteiger partial charge in [-0.3, -0.25) is 0 Å². The van der Waals surface area contributed by atoms with Gasteiger partial charge in [-0.05, 0) is 24.7 Å². The van der Waals surface area contributed by atoms with Crippen molar-refractivity contribution in [2.75, 3.05) is 6.61 Å². The van der Waals surface area contributed by atoms with Gasteiger partial charge in [-0.15, -0.1) is 0 Å². The molecule has 0 aliphatic heterocycles. The molecule has 1 fully saturated rings. The summed E-state index contributed by atoms with van der Waals surface area (Å²) in [5, 5.41) is 8.68. The van der Waals surface area contributed by atoms with E-state index in [4.69, 9.17) is 5.11 Å². The molecular weight excluding hydrogens is 160 g/mol. The predicted octanol–water partition coefficient (Wildman–Crippen LogP) is 3.37. The fraction of sp³-hybridized carbons (Fsp3) is 1.00. The van der Waals surface area contributed by atoms with Crippen LogP contribution in [0.4, 0.5) is 0 Å². The summed E-state index contributed by atoms with van der Waals surface area (Å²) in [7, 11) is 0. The van der Waals surface area contributed by atoms with Gasteiger partial charge in [-0.2, -0.15) is 0 Å². The minimum Gasteiger partial charge on any atom is -0.396 e. The third-order valence-corrected chi connectivity index (χ3v) is 3.37. The molecule has 0 heterocycles. The van der Waals surface area contributed by atoms with Crippen LogP contribution in [0.1, 0.15) is 58.3 Å². The number of hydrogen-bond acceptors (Lipinski definition) is 1. The summed E-state index contributed by atoms with van der Waals surface area (Å²) in [4.78, 5) is 0. The van der Waals surface area contributed by atoms with Crippen molar-refractivity contribution in [2.24, 2.45) is 11.8 Å². The van der Waals surface area contributed by atoms with Crippen LogP contribution < -0.4 is 0 Å². The van der Waals surface area contributed by atoms with E-state index in [9.17, 15) is 0 Å².